The van der Waals surface area contributed by atoms with Gasteiger partial charge in [0.1, 0.15) is 5.75 Å². The van der Waals surface area contributed by atoms with Crippen molar-refractivity contribution >= 4 is 22.0 Å². The molecule has 0 saturated carbocycles. The third-order valence-electron chi connectivity index (χ3n) is 3.80. The minimum atomic E-state index is -0.144. The standard InChI is InChI=1S/C18H19BrN2O2/c19-16-3-1-2-14(11-16)12-21-18(22)20-8-6-13-4-5-17-15(10-13)7-9-23-17/h1-5,10-11H,6-9,12H2,(H2,20,21,22). The molecule has 0 unspecified atom stereocenters. The molecule has 0 saturated heterocycles. The molecule has 0 fully saturated rings. The Labute approximate surface area is 144 Å². The monoisotopic (exact) mass is 374 g/mol. The number of amides is 2. The van der Waals surface area contributed by atoms with Crippen LogP contribution in [-0.2, 0) is 19.4 Å². The highest BCUT2D eigenvalue weighted by molar-refractivity contribution is 9.10. The molecule has 4 nitrogen and oxygen atoms in total. The first-order chi connectivity index (χ1) is 11.2. The van der Waals surface area contributed by atoms with Crippen LogP contribution in [0.2, 0.25) is 0 Å². The van der Waals surface area contributed by atoms with Crippen molar-refractivity contribution in [1.82, 2.24) is 10.6 Å². The van der Waals surface area contributed by atoms with Gasteiger partial charge in [-0.1, -0.05) is 40.2 Å². The first-order valence-corrected chi connectivity index (χ1v) is 8.51. The Bertz CT molecular complexity index is 703. The average Bonchev–Trinajstić information content (AvgIpc) is 3.01. The topological polar surface area (TPSA) is 50.4 Å². The maximum atomic E-state index is 11.8. The third kappa shape index (κ3) is 4.48. The van der Waals surface area contributed by atoms with Crippen LogP contribution in [0.15, 0.2) is 46.9 Å². The van der Waals surface area contributed by atoms with E-state index >= 15 is 0 Å². The van der Waals surface area contributed by atoms with Crippen molar-refractivity contribution in [2.45, 2.75) is 19.4 Å². The van der Waals surface area contributed by atoms with Crippen LogP contribution in [0, 0.1) is 0 Å². The minimum Gasteiger partial charge on any atom is -0.493 e. The second-order valence-corrected chi connectivity index (χ2v) is 6.45. The molecule has 0 aromatic heterocycles. The number of hydrogen-bond donors (Lipinski definition) is 2. The summed E-state index contributed by atoms with van der Waals surface area (Å²) in [6.07, 6.45) is 1.79. The molecule has 3 rings (SSSR count). The van der Waals surface area contributed by atoms with Crippen LogP contribution < -0.4 is 15.4 Å². The molecule has 1 aliphatic rings. The van der Waals surface area contributed by atoms with E-state index in [-0.39, 0.29) is 6.03 Å². The fourth-order valence-corrected chi connectivity index (χ4v) is 3.05. The Hall–Kier alpha value is -2.01. The maximum Gasteiger partial charge on any atom is 0.315 e. The number of ether oxygens (including phenoxy) is 1. The molecule has 1 heterocycles. The number of benzene rings is 2. The van der Waals surface area contributed by atoms with Crippen molar-refractivity contribution in [2.75, 3.05) is 13.2 Å². The lowest BCUT2D eigenvalue weighted by Crippen LogP contribution is -2.36. The Morgan fingerprint density at radius 1 is 1.13 bits per heavy atom. The van der Waals surface area contributed by atoms with Crippen LogP contribution in [0.25, 0.3) is 0 Å². The lowest BCUT2D eigenvalue weighted by Gasteiger charge is -2.09. The van der Waals surface area contributed by atoms with Crippen LogP contribution in [0.1, 0.15) is 16.7 Å². The van der Waals surface area contributed by atoms with Gasteiger partial charge in [-0.3, -0.25) is 0 Å². The molecule has 5 heteroatoms. The fraction of sp³-hybridized carbons (Fsp3) is 0.278. The zero-order chi connectivity index (χ0) is 16.1. The van der Waals surface area contributed by atoms with E-state index in [1.807, 2.05) is 30.3 Å². The first-order valence-electron chi connectivity index (χ1n) is 7.71. The van der Waals surface area contributed by atoms with Gasteiger partial charge in [-0.2, -0.15) is 0 Å². The largest absolute Gasteiger partial charge is 0.493 e. The predicted molar refractivity (Wildman–Crippen MR) is 93.7 cm³/mol. The van der Waals surface area contributed by atoms with Gasteiger partial charge in [0, 0.05) is 24.0 Å². The number of carbonyl (C=O) groups excluding carboxylic acids is 1. The van der Waals surface area contributed by atoms with Crippen LogP contribution in [0.4, 0.5) is 4.79 Å². The van der Waals surface area contributed by atoms with Crippen molar-refractivity contribution in [2.24, 2.45) is 0 Å². The Balaban J connectivity index is 1.41. The SMILES string of the molecule is O=C(NCCc1ccc2c(c1)CCO2)NCc1cccc(Br)c1. The number of fused-ring (bicyclic) bond motifs is 1. The molecule has 0 spiro atoms. The molecule has 2 aromatic rings. The summed E-state index contributed by atoms with van der Waals surface area (Å²) in [5, 5.41) is 5.75. The van der Waals surface area contributed by atoms with E-state index in [1.54, 1.807) is 0 Å². The zero-order valence-electron chi connectivity index (χ0n) is 12.8. The molecule has 0 bridgehead atoms. The summed E-state index contributed by atoms with van der Waals surface area (Å²) < 4.78 is 6.51. The summed E-state index contributed by atoms with van der Waals surface area (Å²) in [4.78, 5) is 11.8. The number of rotatable bonds is 5. The van der Waals surface area contributed by atoms with Gasteiger partial charge in [0.15, 0.2) is 0 Å². The van der Waals surface area contributed by atoms with Gasteiger partial charge in [0.2, 0.25) is 0 Å². The van der Waals surface area contributed by atoms with Gasteiger partial charge in [0.25, 0.3) is 0 Å². The molecule has 1 aliphatic heterocycles. The Kier molecular flexibility index (Phi) is 5.18. The van der Waals surface area contributed by atoms with Crippen molar-refractivity contribution in [1.29, 1.82) is 0 Å². The van der Waals surface area contributed by atoms with E-state index in [1.165, 1.54) is 11.1 Å². The molecule has 0 radical (unpaired) electrons. The van der Waals surface area contributed by atoms with Crippen molar-refractivity contribution in [3.05, 3.63) is 63.6 Å². The van der Waals surface area contributed by atoms with Crippen LogP contribution >= 0.6 is 15.9 Å². The highest BCUT2D eigenvalue weighted by Crippen LogP contribution is 2.25. The quantitative estimate of drug-likeness (QED) is 0.842. The summed E-state index contributed by atoms with van der Waals surface area (Å²) in [5.41, 5.74) is 3.55. The second kappa shape index (κ2) is 7.51. The molecule has 2 amide bonds. The van der Waals surface area contributed by atoms with E-state index in [0.29, 0.717) is 13.1 Å². The van der Waals surface area contributed by atoms with Gasteiger partial charge in [-0.05, 0) is 41.3 Å². The highest BCUT2D eigenvalue weighted by Gasteiger charge is 2.11. The summed E-state index contributed by atoms with van der Waals surface area (Å²) >= 11 is 3.42. The van der Waals surface area contributed by atoms with Crippen molar-refractivity contribution in [3.8, 4) is 5.75 Å². The lowest BCUT2D eigenvalue weighted by molar-refractivity contribution is 0.240. The molecule has 2 N–H and O–H groups in total. The number of carbonyl (C=O) groups is 1. The highest BCUT2D eigenvalue weighted by atomic mass is 79.9. The van der Waals surface area contributed by atoms with Crippen molar-refractivity contribution < 1.29 is 9.53 Å². The second-order valence-electron chi connectivity index (χ2n) is 5.53. The molecule has 120 valence electrons. The Morgan fingerprint density at radius 3 is 2.91 bits per heavy atom. The summed E-state index contributed by atoms with van der Waals surface area (Å²) in [6, 6.07) is 14.0. The normalized spacial score (nSPS) is 12.4. The Morgan fingerprint density at radius 2 is 2.04 bits per heavy atom. The molecule has 2 aromatic carbocycles. The van der Waals surface area contributed by atoms with Crippen molar-refractivity contribution in [3.63, 3.8) is 0 Å². The number of nitrogens with one attached hydrogen (secondary N) is 2. The number of halogens is 1. The number of urea groups is 1. The lowest BCUT2D eigenvalue weighted by atomic mass is 10.1. The first kappa shape index (κ1) is 15.9. The summed E-state index contributed by atoms with van der Waals surface area (Å²) in [6.45, 7) is 1.90. The van der Waals surface area contributed by atoms with Crippen LogP contribution in [-0.4, -0.2) is 19.2 Å². The van der Waals surface area contributed by atoms with Gasteiger partial charge in [0.05, 0.1) is 6.61 Å². The molecular formula is C18H19BrN2O2. The third-order valence-corrected chi connectivity index (χ3v) is 4.29. The van der Waals surface area contributed by atoms with E-state index in [2.05, 4.69) is 38.7 Å². The average molecular weight is 375 g/mol. The van der Waals surface area contributed by atoms with Gasteiger partial charge in [-0.25, -0.2) is 4.79 Å². The summed E-state index contributed by atoms with van der Waals surface area (Å²) in [5.74, 6) is 0.994. The smallest absolute Gasteiger partial charge is 0.315 e. The molecular weight excluding hydrogens is 356 g/mol. The van der Waals surface area contributed by atoms with E-state index in [0.717, 1.165) is 35.2 Å². The minimum absolute atomic E-state index is 0.144. The van der Waals surface area contributed by atoms with Crippen LogP contribution in [0.5, 0.6) is 5.75 Å². The van der Waals surface area contributed by atoms with Gasteiger partial charge in [-0.15, -0.1) is 0 Å². The molecule has 0 aliphatic carbocycles. The summed E-state index contributed by atoms with van der Waals surface area (Å²) in [7, 11) is 0. The van der Waals surface area contributed by atoms with Crippen LogP contribution in [0.3, 0.4) is 0 Å². The van der Waals surface area contributed by atoms with Gasteiger partial charge < -0.3 is 15.4 Å². The van der Waals surface area contributed by atoms with E-state index < -0.39 is 0 Å². The zero-order valence-corrected chi connectivity index (χ0v) is 14.4. The maximum absolute atomic E-state index is 11.8. The molecule has 0 atom stereocenters. The fourth-order valence-electron chi connectivity index (χ4n) is 2.61. The predicted octanol–water partition coefficient (Wildman–Crippen LogP) is 3.43. The van der Waals surface area contributed by atoms with Gasteiger partial charge >= 0.3 is 6.03 Å². The van der Waals surface area contributed by atoms with E-state index in [9.17, 15) is 4.79 Å². The molecule has 23 heavy (non-hydrogen) atoms. The number of hydrogen-bond acceptors (Lipinski definition) is 2. The van der Waals surface area contributed by atoms with E-state index in [4.69, 9.17) is 4.74 Å².